The maximum atomic E-state index is 9.83. The molecule has 9 heteroatoms. The molecular weight excluding hydrogens is 154 g/mol. The number of nitrogens with one attached hydrogen (secondary N) is 2. The van der Waals surface area contributed by atoms with Gasteiger partial charge in [-0.25, -0.2) is 16.0 Å². The molecule has 0 spiro atoms. The number of hydrogen-bond donors (Lipinski definition) is 3. The van der Waals surface area contributed by atoms with Crippen LogP contribution in [0.25, 0.3) is 0 Å². The fourth-order valence-corrected chi connectivity index (χ4v) is 0.424. The Labute approximate surface area is 60.6 Å². The summed E-state index contributed by atoms with van der Waals surface area (Å²) < 4.78 is 0. The number of nitro groups is 1. The number of hydrazine groups is 3. The highest BCUT2D eigenvalue weighted by Crippen LogP contribution is 1.79. The van der Waals surface area contributed by atoms with Gasteiger partial charge in [-0.1, -0.05) is 5.43 Å². The van der Waals surface area contributed by atoms with Crippen molar-refractivity contribution in [1.29, 1.82) is 0 Å². The van der Waals surface area contributed by atoms with Crippen LogP contribution in [-0.4, -0.2) is 22.3 Å². The van der Waals surface area contributed by atoms with Gasteiger partial charge >= 0.3 is 0 Å². The Hall–Kier alpha value is -1.90. The lowest BCUT2D eigenvalue weighted by Crippen LogP contribution is -2.44. The summed E-state index contributed by atoms with van der Waals surface area (Å²) in [5, 5.41) is 16.7. The molecule has 11 heavy (non-hydrogen) atoms. The first-order valence-corrected chi connectivity index (χ1v) is 2.51. The summed E-state index contributed by atoms with van der Waals surface area (Å²) >= 11 is 0. The third kappa shape index (κ3) is 2.06. The Balaban J connectivity index is 2.50. The van der Waals surface area contributed by atoms with Gasteiger partial charge in [0.2, 0.25) is 5.84 Å². The standard InChI is InChI=1S/C2H5N7O2/c3-8-4-1-2(5-7-8)6-9(10)11/h1,7H,3H2,(H,5,6). The number of nitrogens with zero attached hydrogens (tertiary/aromatic N) is 4. The number of hydrazone groups is 2. The van der Waals surface area contributed by atoms with Gasteiger partial charge in [0.15, 0.2) is 5.03 Å². The van der Waals surface area contributed by atoms with E-state index in [1.165, 1.54) is 0 Å². The molecule has 0 amide bonds. The van der Waals surface area contributed by atoms with Crippen molar-refractivity contribution in [2.75, 3.05) is 0 Å². The van der Waals surface area contributed by atoms with Crippen LogP contribution in [0.2, 0.25) is 0 Å². The molecule has 0 bridgehead atoms. The van der Waals surface area contributed by atoms with Crippen LogP contribution in [0, 0.1) is 10.1 Å². The molecule has 0 aromatic rings. The topological polar surface area (TPSA) is 121 Å². The van der Waals surface area contributed by atoms with Gasteiger partial charge in [0.25, 0.3) is 0 Å². The van der Waals surface area contributed by atoms with E-state index in [9.17, 15) is 10.1 Å². The van der Waals surface area contributed by atoms with Crippen LogP contribution in [-0.2, 0) is 0 Å². The van der Waals surface area contributed by atoms with Gasteiger partial charge in [-0.2, -0.15) is 5.53 Å². The van der Waals surface area contributed by atoms with Crippen LogP contribution in [0.4, 0.5) is 0 Å². The van der Waals surface area contributed by atoms with Crippen LogP contribution in [0.3, 0.4) is 0 Å². The van der Waals surface area contributed by atoms with E-state index in [0.29, 0.717) is 0 Å². The third-order valence-corrected chi connectivity index (χ3v) is 0.783. The molecule has 0 saturated heterocycles. The van der Waals surface area contributed by atoms with Crippen molar-refractivity contribution in [3.63, 3.8) is 0 Å². The minimum Gasteiger partial charge on any atom is -0.234 e. The van der Waals surface area contributed by atoms with Gasteiger partial charge in [0, 0.05) is 0 Å². The van der Waals surface area contributed by atoms with E-state index in [-0.39, 0.29) is 5.84 Å². The molecule has 4 N–H and O–H groups in total. The Bertz CT molecular complexity index is 220. The Morgan fingerprint density at radius 2 is 2.64 bits per heavy atom. The molecule has 0 aromatic carbocycles. The fourth-order valence-electron chi connectivity index (χ4n) is 0.424. The lowest BCUT2D eigenvalue weighted by Gasteiger charge is -2.13. The van der Waals surface area contributed by atoms with Crippen molar-refractivity contribution in [3.05, 3.63) is 10.1 Å². The van der Waals surface area contributed by atoms with Gasteiger partial charge in [0.05, 0.1) is 0 Å². The summed E-state index contributed by atoms with van der Waals surface area (Å²) in [4.78, 5) is 9.83. The zero-order chi connectivity index (χ0) is 8.27. The zero-order valence-corrected chi connectivity index (χ0v) is 5.26. The highest BCUT2D eigenvalue weighted by Gasteiger charge is 2.06. The highest BCUT2D eigenvalue weighted by molar-refractivity contribution is 6.28. The van der Waals surface area contributed by atoms with Crippen LogP contribution in [0.1, 0.15) is 0 Å². The second-order valence-electron chi connectivity index (χ2n) is 1.56. The molecule has 0 saturated carbocycles. The SMILES string of the molecule is NN1N=CC(N[N+](=O)[O-])=NN1. The molecule has 9 nitrogen and oxygen atoms in total. The number of nitrogens with two attached hydrogens (primary N) is 1. The van der Waals surface area contributed by atoms with E-state index in [2.05, 4.69) is 15.7 Å². The summed E-state index contributed by atoms with van der Waals surface area (Å²) in [6.07, 6.45) is 1.11. The molecular formula is C2H5N7O2. The minimum absolute atomic E-state index is 0.0169. The molecule has 1 heterocycles. The average Bonchev–Trinajstić information content (AvgIpc) is 1.93. The highest BCUT2D eigenvalue weighted by atomic mass is 16.7. The fraction of sp³-hybridized carbons (Fsp3) is 0. The van der Waals surface area contributed by atoms with E-state index in [4.69, 9.17) is 5.84 Å². The minimum atomic E-state index is -0.751. The Morgan fingerprint density at radius 3 is 3.09 bits per heavy atom. The second-order valence-corrected chi connectivity index (χ2v) is 1.56. The van der Waals surface area contributed by atoms with Crippen molar-refractivity contribution in [1.82, 2.24) is 16.2 Å². The van der Waals surface area contributed by atoms with Gasteiger partial charge in [-0.05, 0) is 0 Å². The number of hydrogen-bond acceptors (Lipinski definition) is 7. The first-order valence-electron chi connectivity index (χ1n) is 2.51. The molecule has 0 fully saturated rings. The van der Waals surface area contributed by atoms with Crippen molar-refractivity contribution in [3.8, 4) is 0 Å². The van der Waals surface area contributed by atoms with Crippen molar-refractivity contribution in [2.24, 2.45) is 16.0 Å². The molecule has 1 aliphatic rings. The van der Waals surface area contributed by atoms with E-state index >= 15 is 0 Å². The molecule has 1 aliphatic heterocycles. The molecule has 0 aliphatic carbocycles. The van der Waals surface area contributed by atoms with Gasteiger partial charge in [0.1, 0.15) is 6.21 Å². The maximum absolute atomic E-state index is 9.83. The van der Waals surface area contributed by atoms with Crippen LogP contribution < -0.4 is 16.8 Å². The van der Waals surface area contributed by atoms with E-state index in [0.717, 1.165) is 11.4 Å². The largest absolute Gasteiger partial charge is 0.234 e. The first kappa shape index (κ1) is 7.21. The molecule has 0 unspecified atom stereocenters. The van der Waals surface area contributed by atoms with Crippen molar-refractivity contribution < 1.29 is 5.03 Å². The maximum Gasteiger partial charge on any atom is 0.231 e. The first-order chi connectivity index (χ1) is 5.18. The van der Waals surface area contributed by atoms with Crippen LogP contribution in [0.15, 0.2) is 10.2 Å². The molecule has 60 valence electrons. The van der Waals surface area contributed by atoms with Crippen molar-refractivity contribution >= 4 is 12.1 Å². The average molecular weight is 159 g/mol. The third-order valence-electron chi connectivity index (χ3n) is 0.783. The van der Waals surface area contributed by atoms with Crippen LogP contribution in [0.5, 0.6) is 0 Å². The second kappa shape index (κ2) is 2.79. The predicted molar refractivity (Wildman–Crippen MR) is 35.2 cm³/mol. The summed E-state index contributed by atoms with van der Waals surface area (Å²) in [5.41, 5.74) is 3.95. The smallest absolute Gasteiger partial charge is 0.231 e. The molecule has 0 aromatic heterocycles. The molecule has 1 rings (SSSR count). The van der Waals surface area contributed by atoms with Gasteiger partial charge < -0.3 is 0 Å². The lowest BCUT2D eigenvalue weighted by atomic mass is 10.7. The summed E-state index contributed by atoms with van der Waals surface area (Å²) in [7, 11) is 0. The van der Waals surface area contributed by atoms with E-state index in [1.54, 1.807) is 5.43 Å². The molecule has 0 atom stereocenters. The quantitative estimate of drug-likeness (QED) is 0.226. The lowest BCUT2D eigenvalue weighted by molar-refractivity contribution is -0.524. The van der Waals surface area contributed by atoms with E-state index < -0.39 is 5.03 Å². The summed E-state index contributed by atoms with van der Waals surface area (Å²) in [5.74, 6) is 5.03. The van der Waals surface area contributed by atoms with Gasteiger partial charge in [-0.15, -0.1) is 15.4 Å². The predicted octanol–water partition coefficient (Wildman–Crippen LogP) is -2.24. The van der Waals surface area contributed by atoms with E-state index in [1.807, 2.05) is 0 Å². The zero-order valence-electron chi connectivity index (χ0n) is 5.26. The molecule has 0 radical (unpaired) electrons. The summed E-state index contributed by atoms with van der Waals surface area (Å²) in [6, 6.07) is 0. The normalized spacial score (nSPS) is 15.4. The Kier molecular flexibility index (Phi) is 1.83. The van der Waals surface area contributed by atoms with Crippen LogP contribution >= 0.6 is 0 Å². The number of rotatable bonds is 1. The Morgan fingerprint density at radius 1 is 1.91 bits per heavy atom. The van der Waals surface area contributed by atoms with Crippen molar-refractivity contribution in [2.45, 2.75) is 0 Å². The summed E-state index contributed by atoms with van der Waals surface area (Å²) in [6.45, 7) is 0. The number of amidine groups is 1. The monoisotopic (exact) mass is 159 g/mol. The van der Waals surface area contributed by atoms with Gasteiger partial charge in [-0.3, -0.25) is 0 Å².